The van der Waals surface area contributed by atoms with Crippen LogP contribution in [0, 0.1) is 5.92 Å². The molecule has 0 saturated heterocycles. The molecule has 144 valence electrons. The van der Waals surface area contributed by atoms with Crippen LogP contribution in [0.2, 0.25) is 0 Å². The van der Waals surface area contributed by atoms with Crippen LogP contribution < -0.4 is 4.74 Å². The van der Waals surface area contributed by atoms with Crippen LogP contribution in [0.25, 0.3) is 0 Å². The number of aromatic hydroxyl groups is 1. The molecule has 1 saturated carbocycles. The van der Waals surface area contributed by atoms with Gasteiger partial charge in [0.2, 0.25) is 0 Å². The number of phenolic OH excluding ortho intramolecular Hbond substituents is 1. The normalized spacial score (nSPS) is 19.3. The van der Waals surface area contributed by atoms with E-state index in [4.69, 9.17) is 23.3 Å². The number of ether oxygens (including phenoxy) is 1. The first-order valence-corrected chi connectivity index (χ1v) is 13.3. The van der Waals surface area contributed by atoms with Gasteiger partial charge in [0.05, 0.1) is 12.8 Å². The number of methoxy groups -OCH3 is 1. The molecule has 1 N–H and O–H groups in total. The Morgan fingerprint density at radius 1 is 1.07 bits per heavy atom. The molecule has 0 aliphatic heterocycles. The van der Waals surface area contributed by atoms with E-state index >= 15 is 0 Å². The van der Waals surface area contributed by atoms with Crippen molar-refractivity contribution in [2.24, 2.45) is 10.9 Å². The molecule has 0 bridgehead atoms. The summed E-state index contributed by atoms with van der Waals surface area (Å²) in [6.07, 6.45) is 6.55. The Morgan fingerprint density at radius 3 is 2.30 bits per heavy atom. The topological polar surface area (TPSA) is 41.8 Å². The van der Waals surface area contributed by atoms with E-state index in [9.17, 15) is 5.11 Å². The van der Waals surface area contributed by atoms with Crippen molar-refractivity contribution in [2.75, 3.05) is 7.11 Å². The molecule has 0 radical (unpaired) electrons. The summed E-state index contributed by atoms with van der Waals surface area (Å²) in [5.74, 6) is 2.47. The van der Waals surface area contributed by atoms with E-state index in [0.717, 1.165) is 41.3 Å². The predicted molar refractivity (Wildman–Crippen MR) is 110 cm³/mol. The third kappa shape index (κ3) is 6.83. The molecule has 3 nitrogen and oxygen atoms in total. The Kier molecular flexibility index (Phi) is 9.71. The first kappa shape index (κ1) is 22.3. The first-order chi connectivity index (χ1) is 13.1. The van der Waals surface area contributed by atoms with Gasteiger partial charge >= 0.3 is 35.6 Å². The van der Waals surface area contributed by atoms with Crippen LogP contribution >= 0.6 is 18.6 Å². The quantitative estimate of drug-likeness (QED) is 0.417. The van der Waals surface area contributed by atoms with Crippen molar-refractivity contribution in [3.63, 3.8) is 0 Å². The summed E-state index contributed by atoms with van der Waals surface area (Å²) in [6.45, 7) is 2.31. The number of nitrogens with zero attached hydrogens (tertiary/aromatic N) is 1. The molecule has 0 aromatic heterocycles. The molecular formula is C21H25Cl2NO2Ti. The summed E-state index contributed by atoms with van der Waals surface area (Å²) in [5, 5.41) is 10.7. The Hall–Kier alpha value is -0.996. The summed E-state index contributed by atoms with van der Waals surface area (Å²) in [7, 11) is 11.4. The number of halogens is 2. The number of phenols is 1. The van der Waals surface area contributed by atoms with E-state index in [1.165, 1.54) is 12.8 Å². The van der Waals surface area contributed by atoms with Crippen LogP contribution in [0.5, 0.6) is 11.5 Å². The Morgan fingerprint density at radius 2 is 1.70 bits per heavy atom. The van der Waals surface area contributed by atoms with Gasteiger partial charge in [-0.2, -0.15) is 0 Å². The van der Waals surface area contributed by atoms with Crippen LogP contribution in [-0.2, 0) is 17.0 Å². The number of rotatable bonds is 4. The number of hydrogen-bond donors (Lipinski definition) is 1. The van der Waals surface area contributed by atoms with Gasteiger partial charge in [-0.3, -0.25) is 4.99 Å². The van der Waals surface area contributed by atoms with Crippen molar-refractivity contribution in [3.05, 3.63) is 53.6 Å². The summed E-state index contributed by atoms with van der Waals surface area (Å²) in [5.41, 5.74) is 2.69. The predicted octanol–water partition coefficient (Wildman–Crippen LogP) is 6.82. The first-order valence-electron chi connectivity index (χ1n) is 9.05. The van der Waals surface area contributed by atoms with Crippen molar-refractivity contribution < 1.29 is 26.9 Å². The molecule has 0 unspecified atom stereocenters. The molecule has 0 heterocycles. The van der Waals surface area contributed by atoms with Crippen molar-refractivity contribution >= 4 is 30.5 Å². The van der Waals surface area contributed by atoms with Gasteiger partial charge in [-0.15, -0.1) is 0 Å². The number of para-hydroxylation sites is 1. The van der Waals surface area contributed by atoms with Crippen LogP contribution in [0.4, 0.5) is 5.69 Å². The van der Waals surface area contributed by atoms with E-state index in [1.54, 1.807) is 13.3 Å². The molecule has 2 aromatic carbocycles. The van der Waals surface area contributed by atoms with Crippen molar-refractivity contribution in [2.45, 2.75) is 38.5 Å². The molecule has 1 fully saturated rings. The van der Waals surface area contributed by atoms with Crippen molar-refractivity contribution in [1.29, 1.82) is 0 Å². The molecule has 3 rings (SSSR count). The molecule has 1 aliphatic rings. The molecule has 27 heavy (non-hydrogen) atoms. The third-order valence-corrected chi connectivity index (χ3v) is 4.98. The Labute approximate surface area is 178 Å². The Bertz CT molecular complexity index is 729. The summed E-state index contributed by atoms with van der Waals surface area (Å²) >= 11 is -0.556. The summed E-state index contributed by atoms with van der Waals surface area (Å²) < 4.78 is 5.15. The zero-order chi connectivity index (χ0) is 19.6. The van der Waals surface area contributed by atoms with Gasteiger partial charge < -0.3 is 9.84 Å². The molecule has 1 aliphatic carbocycles. The van der Waals surface area contributed by atoms with Gasteiger partial charge in [0.1, 0.15) is 11.5 Å². The zero-order valence-electron chi connectivity index (χ0n) is 15.7. The van der Waals surface area contributed by atoms with Gasteiger partial charge in [0, 0.05) is 11.8 Å². The second-order valence-electron chi connectivity index (χ2n) is 6.77. The number of aliphatic imine (C=N–C) groups is 1. The van der Waals surface area contributed by atoms with Crippen LogP contribution in [-0.4, -0.2) is 18.4 Å². The van der Waals surface area contributed by atoms with Crippen molar-refractivity contribution in [3.8, 4) is 11.5 Å². The van der Waals surface area contributed by atoms with Crippen molar-refractivity contribution in [1.82, 2.24) is 0 Å². The fourth-order valence-corrected chi connectivity index (χ4v) is 3.40. The average molecular weight is 442 g/mol. The van der Waals surface area contributed by atoms with Gasteiger partial charge in [0.15, 0.2) is 0 Å². The fraction of sp³-hybridized carbons (Fsp3) is 0.381. The second-order valence-corrected chi connectivity index (χ2v) is 9.35. The van der Waals surface area contributed by atoms with E-state index in [1.807, 2.05) is 36.4 Å². The van der Waals surface area contributed by atoms with Gasteiger partial charge in [-0.1, -0.05) is 31.9 Å². The number of benzene rings is 2. The molecule has 0 spiro atoms. The zero-order valence-corrected chi connectivity index (χ0v) is 18.7. The second kappa shape index (κ2) is 11.8. The van der Waals surface area contributed by atoms with Gasteiger partial charge in [0.25, 0.3) is 0 Å². The average Bonchev–Trinajstić information content (AvgIpc) is 2.69. The van der Waals surface area contributed by atoms with Crippen LogP contribution in [0.15, 0.2) is 47.5 Å². The Balaban J connectivity index is 0.000000817. The fourth-order valence-electron chi connectivity index (χ4n) is 3.40. The maximum absolute atomic E-state index is 10.7. The minimum atomic E-state index is -0.556. The molecule has 0 atom stereocenters. The van der Waals surface area contributed by atoms with E-state index in [-0.39, 0.29) is 0 Å². The monoisotopic (exact) mass is 441 g/mol. The van der Waals surface area contributed by atoms with E-state index in [2.05, 4.69) is 18.0 Å². The van der Waals surface area contributed by atoms with E-state index in [0.29, 0.717) is 11.7 Å². The van der Waals surface area contributed by atoms with E-state index < -0.39 is 17.0 Å². The van der Waals surface area contributed by atoms with Gasteiger partial charge in [-0.05, 0) is 60.6 Å². The maximum atomic E-state index is 10.7. The standard InChI is InChI=1S/C21H25NO2.2ClH.Ti/c1-15-6-8-16(9-7-15)20-5-3-4-17(21(20)23)14-22-18-10-12-19(24-2)13-11-18;;;/h3-5,10-16,23H,6-9H2,1-2H3;2*1H;/q;;;+2/p-2. The molecule has 6 heteroatoms. The van der Waals surface area contributed by atoms with Crippen LogP contribution in [0.3, 0.4) is 0 Å². The molecule has 2 aromatic rings. The molecular weight excluding hydrogens is 417 g/mol. The summed E-state index contributed by atoms with van der Waals surface area (Å²) in [4.78, 5) is 4.47. The third-order valence-electron chi connectivity index (χ3n) is 4.98. The van der Waals surface area contributed by atoms with Gasteiger partial charge in [-0.25, -0.2) is 0 Å². The SMILES string of the molecule is COc1ccc(N=Cc2cccc(C3CCC(C)CC3)c2O)cc1.[Cl][Ti][Cl]. The number of hydrogen-bond acceptors (Lipinski definition) is 3. The summed E-state index contributed by atoms with van der Waals surface area (Å²) in [6, 6.07) is 13.6. The minimum absolute atomic E-state index is 0.384. The van der Waals surface area contributed by atoms with Crippen LogP contribution in [0.1, 0.15) is 49.7 Å². The molecule has 0 amide bonds.